The van der Waals surface area contributed by atoms with Gasteiger partial charge in [-0.25, -0.2) is 4.39 Å². The number of carbonyl (C=O) groups is 2. The van der Waals surface area contributed by atoms with Gasteiger partial charge in [0.25, 0.3) is 5.91 Å². The molecule has 0 bridgehead atoms. The summed E-state index contributed by atoms with van der Waals surface area (Å²) < 4.78 is 24.2. The van der Waals surface area contributed by atoms with Crippen molar-refractivity contribution in [3.8, 4) is 11.5 Å². The molecule has 7 nitrogen and oxygen atoms in total. The largest absolute Gasteiger partial charge is 0.486 e. The number of hydrogen-bond acceptors (Lipinski definition) is 4. The molecule has 2 aromatic rings. The molecule has 3 N–H and O–H groups in total. The summed E-state index contributed by atoms with van der Waals surface area (Å²) in [5.74, 6) is 0.613. The zero-order valence-corrected chi connectivity index (χ0v) is 16.6. The Labute approximate surface area is 174 Å². The van der Waals surface area contributed by atoms with E-state index in [1.165, 1.54) is 29.2 Å². The fraction of sp³-hybridized carbons (Fsp3) is 0.364. The number of hydrogen-bond donors (Lipinski definition) is 3. The molecule has 0 spiro atoms. The Bertz CT molecular complexity index is 919. The van der Waals surface area contributed by atoms with Crippen molar-refractivity contribution in [1.29, 1.82) is 0 Å². The van der Waals surface area contributed by atoms with Crippen LogP contribution in [0.2, 0.25) is 0 Å². The van der Waals surface area contributed by atoms with E-state index >= 15 is 0 Å². The van der Waals surface area contributed by atoms with Gasteiger partial charge in [0.05, 0.1) is 13.1 Å². The molecule has 0 saturated carbocycles. The molecule has 2 aliphatic rings. The molecular weight excluding hydrogens is 389 g/mol. The first-order chi connectivity index (χ1) is 14.6. The Hall–Kier alpha value is -3.13. The molecule has 1 fully saturated rings. The van der Waals surface area contributed by atoms with Crippen molar-refractivity contribution in [2.45, 2.75) is 18.9 Å². The maximum atomic E-state index is 12.9. The third-order valence-corrected chi connectivity index (χ3v) is 5.41. The van der Waals surface area contributed by atoms with Crippen molar-refractivity contribution in [2.75, 3.05) is 38.2 Å². The number of halogens is 1. The van der Waals surface area contributed by atoms with Gasteiger partial charge in [-0.3, -0.25) is 9.59 Å². The molecule has 4 rings (SSSR count). The molecule has 158 valence electrons. The fourth-order valence-corrected chi connectivity index (χ4v) is 3.99. The second-order valence-corrected chi connectivity index (χ2v) is 7.51. The number of rotatable bonds is 6. The average Bonchev–Trinajstić information content (AvgIpc) is 3.21. The van der Waals surface area contributed by atoms with Crippen LogP contribution in [0.3, 0.4) is 0 Å². The highest BCUT2D eigenvalue weighted by molar-refractivity contribution is 5.94. The van der Waals surface area contributed by atoms with Crippen LogP contribution in [-0.2, 0) is 9.59 Å². The third-order valence-electron chi connectivity index (χ3n) is 5.41. The minimum Gasteiger partial charge on any atom is -0.486 e. The standard InChI is InChI=1S/C22H24FN3O4/c23-16-4-6-17(7-5-16)25-21(27)13-24-22(28)14-26-9-1-2-18(26)15-3-8-19-20(12-15)30-11-10-29-19/h3-8,12,18H,1-2,9-11,13-14H2,(H,24,28)(H,25,27)/p+1/t18-/m0/s1. The molecule has 0 aliphatic carbocycles. The Kier molecular flexibility index (Phi) is 6.13. The van der Waals surface area contributed by atoms with Gasteiger partial charge >= 0.3 is 0 Å². The summed E-state index contributed by atoms with van der Waals surface area (Å²) in [6.07, 6.45) is 2.03. The normalized spacial score (nSPS) is 19.9. The maximum Gasteiger partial charge on any atom is 0.275 e. The number of fused-ring (bicyclic) bond motifs is 1. The fourth-order valence-electron chi connectivity index (χ4n) is 3.99. The van der Waals surface area contributed by atoms with Crippen LogP contribution in [0, 0.1) is 5.82 Å². The van der Waals surface area contributed by atoms with Crippen molar-refractivity contribution < 1.29 is 28.4 Å². The number of ether oxygens (including phenoxy) is 2. The minimum absolute atomic E-state index is 0.127. The molecule has 0 radical (unpaired) electrons. The molecule has 1 saturated heterocycles. The maximum absolute atomic E-state index is 12.9. The van der Waals surface area contributed by atoms with Crippen LogP contribution in [0.4, 0.5) is 10.1 Å². The summed E-state index contributed by atoms with van der Waals surface area (Å²) >= 11 is 0. The van der Waals surface area contributed by atoms with E-state index in [0.717, 1.165) is 36.4 Å². The SMILES string of the molecule is O=C(C[NH+]1CCC[C@H]1c1ccc2c(c1)OCCO2)NCC(=O)Nc1ccc(F)cc1. The summed E-state index contributed by atoms with van der Waals surface area (Å²) in [6, 6.07) is 11.7. The van der Waals surface area contributed by atoms with Crippen molar-refractivity contribution in [3.05, 3.63) is 53.8 Å². The van der Waals surface area contributed by atoms with Gasteiger partial charge in [-0.15, -0.1) is 0 Å². The van der Waals surface area contributed by atoms with Gasteiger partial charge < -0.3 is 25.0 Å². The minimum atomic E-state index is -0.373. The highest BCUT2D eigenvalue weighted by atomic mass is 19.1. The van der Waals surface area contributed by atoms with Gasteiger partial charge in [-0.2, -0.15) is 0 Å². The van der Waals surface area contributed by atoms with Gasteiger partial charge in [0.1, 0.15) is 25.1 Å². The van der Waals surface area contributed by atoms with Gasteiger partial charge in [0.15, 0.2) is 18.0 Å². The zero-order valence-electron chi connectivity index (χ0n) is 16.6. The van der Waals surface area contributed by atoms with Crippen molar-refractivity contribution in [1.82, 2.24) is 5.32 Å². The summed E-state index contributed by atoms with van der Waals surface area (Å²) in [6.45, 7) is 2.16. The Morgan fingerprint density at radius 1 is 1.03 bits per heavy atom. The third kappa shape index (κ3) is 4.88. The quantitative estimate of drug-likeness (QED) is 0.661. The molecule has 2 aliphatic heterocycles. The van der Waals surface area contributed by atoms with E-state index in [-0.39, 0.29) is 30.2 Å². The van der Waals surface area contributed by atoms with Crippen LogP contribution < -0.4 is 25.0 Å². The lowest BCUT2D eigenvalue weighted by molar-refractivity contribution is -0.910. The second-order valence-electron chi connectivity index (χ2n) is 7.51. The van der Waals surface area contributed by atoms with Gasteiger partial charge in [0.2, 0.25) is 5.91 Å². The predicted octanol–water partition coefficient (Wildman–Crippen LogP) is 1.07. The van der Waals surface area contributed by atoms with E-state index < -0.39 is 0 Å². The molecular formula is C22H25FN3O4+. The number of nitrogens with one attached hydrogen (secondary N) is 3. The molecule has 0 aromatic heterocycles. The number of likely N-dealkylation sites (tertiary alicyclic amines) is 1. The zero-order chi connectivity index (χ0) is 20.9. The van der Waals surface area contributed by atoms with Crippen LogP contribution >= 0.6 is 0 Å². The number of quaternary nitrogens is 1. The average molecular weight is 414 g/mol. The van der Waals surface area contributed by atoms with E-state index in [1.54, 1.807) is 0 Å². The summed E-state index contributed by atoms with van der Waals surface area (Å²) in [7, 11) is 0. The number of benzene rings is 2. The lowest BCUT2D eigenvalue weighted by Gasteiger charge is -2.24. The predicted molar refractivity (Wildman–Crippen MR) is 108 cm³/mol. The van der Waals surface area contributed by atoms with Crippen molar-refractivity contribution >= 4 is 17.5 Å². The topological polar surface area (TPSA) is 81.1 Å². The lowest BCUT2D eigenvalue weighted by Crippen LogP contribution is -3.11. The van der Waals surface area contributed by atoms with E-state index in [1.807, 2.05) is 18.2 Å². The Morgan fingerprint density at radius 2 is 1.80 bits per heavy atom. The van der Waals surface area contributed by atoms with E-state index in [9.17, 15) is 14.0 Å². The summed E-state index contributed by atoms with van der Waals surface area (Å²) in [5.41, 5.74) is 1.62. The van der Waals surface area contributed by atoms with Crippen LogP contribution in [0.5, 0.6) is 11.5 Å². The molecule has 2 amide bonds. The highest BCUT2D eigenvalue weighted by Gasteiger charge is 2.32. The van der Waals surface area contributed by atoms with Crippen LogP contribution in [-0.4, -0.2) is 44.7 Å². The number of amides is 2. The molecule has 8 heteroatoms. The molecule has 30 heavy (non-hydrogen) atoms. The van der Waals surface area contributed by atoms with Crippen molar-refractivity contribution in [3.63, 3.8) is 0 Å². The van der Waals surface area contributed by atoms with E-state index in [4.69, 9.17) is 9.47 Å². The van der Waals surface area contributed by atoms with Crippen molar-refractivity contribution in [2.24, 2.45) is 0 Å². The first-order valence-electron chi connectivity index (χ1n) is 10.1. The van der Waals surface area contributed by atoms with E-state index in [2.05, 4.69) is 10.6 Å². The van der Waals surface area contributed by atoms with Crippen LogP contribution in [0.1, 0.15) is 24.4 Å². The first-order valence-corrected chi connectivity index (χ1v) is 10.1. The van der Waals surface area contributed by atoms with E-state index in [0.29, 0.717) is 25.4 Å². The monoisotopic (exact) mass is 414 g/mol. The summed E-state index contributed by atoms with van der Waals surface area (Å²) in [5, 5.41) is 5.30. The van der Waals surface area contributed by atoms with Gasteiger partial charge in [-0.1, -0.05) is 0 Å². The summed E-state index contributed by atoms with van der Waals surface area (Å²) in [4.78, 5) is 25.6. The first kappa shape index (κ1) is 20.2. The number of carbonyl (C=O) groups excluding carboxylic acids is 2. The second kappa shape index (κ2) is 9.13. The van der Waals surface area contributed by atoms with Crippen LogP contribution in [0.15, 0.2) is 42.5 Å². The number of anilines is 1. The van der Waals surface area contributed by atoms with Crippen LogP contribution in [0.25, 0.3) is 0 Å². The molecule has 1 unspecified atom stereocenters. The Balaban J connectivity index is 1.29. The molecule has 2 heterocycles. The smallest absolute Gasteiger partial charge is 0.275 e. The molecule has 2 atom stereocenters. The highest BCUT2D eigenvalue weighted by Crippen LogP contribution is 2.33. The van der Waals surface area contributed by atoms with Gasteiger partial charge in [0, 0.05) is 24.1 Å². The van der Waals surface area contributed by atoms with Gasteiger partial charge in [-0.05, 0) is 42.5 Å². The lowest BCUT2D eigenvalue weighted by atomic mass is 10.0. The Morgan fingerprint density at radius 3 is 2.60 bits per heavy atom. The molecule has 2 aromatic carbocycles.